The van der Waals surface area contributed by atoms with Gasteiger partial charge in [0.05, 0.1) is 11.8 Å². The lowest BCUT2D eigenvalue weighted by Gasteiger charge is -2.66. The standard InChI is InChI=1S/C35H46O11/c1-15(2)10-24(37)44-21-8-7-9-35(42)29(39)28(43-16(3)36)26-18-13-20-27-17(11-22-33(20,5)30(40)31(41)46-22)12-25(38)45-23(32(18,27)4)14-19(26)34(21,35)6/h11,15,17-21,23,26-28,30,40,42H,7-10,12-14H2,1-6H3/t17-,18?,19?,20?,21?,23?,26?,27?,28?,30?,32?,33?,34?,35?/m0/s1. The van der Waals surface area contributed by atoms with E-state index >= 15 is 0 Å². The minimum atomic E-state index is -1.95. The number of aliphatic hydroxyl groups excluding tert-OH is 1. The molecule has 11 heteroatoms. The van der Waals surface area contributed by atoms with Gasteiger partial charge in [0.15, 0.2) is 12.2 Å². The number of ether oxygens (including phenoxy) is 4. The second-order valence-electron chi connectivity index (χ2n) is 16.2. The third kappa shape index (κ3) is 3.87. The Hall–Kier alpha value is -2.79. The number of ketones is 1. The average Bonchev–Trinajstić information content (AvgIpc) is 3.36. The zero-order valence-corrected chi connectivity index (χ0v) is 27.4. The summed E-state index contributed by atoms with van der Waals surface area (Å²) in [6.45, 7) is 10.8. The molecule has 6 fully saturated rings. The Kier molecular flexibility index (Phi) is 6.99. The highest BCUT2D eigenvalue weighted by molar-refractivity contribution is 5.95. The first-order valence-corrected chi connectivity index (χ1v) is 16.9. The van der Waals surface area contributed by atoms with E-state index in [1.807, 2.05) is 33.8 Å². The van der Waals surface area contributed by atoms with Crippen molar-refractivity contribution in [3.05, 3.63) is 11.8 Å². The summed E-state index contributed by atoms with van der Waals surface area (Å²) in [4.78, 5) is 66.6. The van der Waals surface area contributed by atoms with Gasteiger partial charge in [0.1, 0.15) is 23.6 Å². The number of allylic oxidation sites excluding steroid dienone is 1. The lowest BCUT2D eigenvalue weighted by Crippen LogP contribution is -2.75. The van der Waals surface area contributed by atoms with E-state index in [-0.39, 0.29) is 61.2 Å². The first-order chi connectivity index (χ1) is 21.5. The lowest BCUT2D eigenvalue weighted by molar-refractivity contribution is -0.267. The van der Waals surface area contributed by atoms with Crippen molar-refractivity contribution in [3.8, 4) is 0 Å². The molecule has 5 aliphatic carbocycles. The number of aliphatic hydroxyl groups is 2. The fraction of sp³-hybridized carbons (Fsp3) is 0.800. The van der Waals surface area contributed by atoms with Crippen LogP contribution >= 0.6 is 0 Å². The number of esters is 4. The van der Waals surface area contributed by atoms with E-state index in [1.54, 1.807) is 0 Å². The van der Waals surface area contributed by atoms with Gasteiger partial charge in [-0.3, -0.25) is 19.2 Å². The van der Waals surface area contributed by atoms with Gasteiger partial charge in [-0.2, -0.15) is 0 Å². The lowest BCUT2D eigenvalue weighted by atomic mass is 9.40. The molecule has 7 rings (SSSR count). The molecule has 0 aromatic carbocycles. The smallest absolute Gasteiger partial charge is 0.341 e. The Morgan fingerprint density at radius 1 is 1.07 bits per heavy atom. The van der Waals surface area contributed by atoms with Crippen LogP contribution in [0.3, 0.4) is 0 Å². The van der Waals surface area contributed by atoms with Gasteiger partial charge in [0.25, 0.3) is 0 Å². The molecule has 2 heterocycles. The highest BCUT2D eigenvalue weighted by atomic mass is 16.6. The van der Waals surface area contributed by atoms with E-state index in [0.717, 1.165) is 0 Å². The Morgan fingerprint density at radius 3 is 2.46 bits per heavy atom. The van der Waals surface area contributed by atoms with Crippen LogP contribution in [0.25, 0.3) is 0 Å². The van der Waals surface area contributed by atoms with Gasteiger partial charge in [-0.05, 0) is 80.6 Å². The molecule has 13 unspecified atom stereocenters. The van der Waals surface area contributed by atoms with Crippen molar-refractivity contribution in [2.75, 3.05) is 0 Å². The van der Waals surface area contributed by atoms with Crippen LogP contribution in [0, 0.1) is 57.7 Å². The molecule has 2 aliphatic heterocycles. The van der Waals surface area contributed by atoms with E-state index in [4.69, 9.17) is 18.9 Å². The van der Waals surface area contributed by atoms with E-state index in [1.165, 1.54) is 6.92 Å². The van der Waals surface area contributed by atoms with Gasteiger partial charge < -0.3 is 29.2 Å². The van der Waals surface area contributed by atoms with Crippen molar-refractivity contribution in [2.24, 2.45) is 57.7 Å². The van der Waals surface area contributed by atoms with Crippen molar-refractivity contribution >= 4 is 29.7 Å². The highest BCUT2D eigenvalue weighted by Gasteiger charge is 2.79. The average molecular weight is 643 g/mol. The van der Waals surface area contributed by atoms with Gasteiger partial charge >= 0.3 is 23.9 Å². The monoisotopic (exact) mass is 642 g/mol. The van der Waals surface area contributed by atoms with Gasteiger partial charge in [-0.25, -0.2) is 4.79 Å². The highest BCUT2D eigenvalue weighted by Crippen LogP contribution is 2.75. The molecule has 14 atom stereocenters. The molecule has 0 aromatic rings. The molecule has 11 nitrogen and oxygen atoms in total. The van der Waals surface area contributed by atoms with Crippen molar-refractivity contribution < 1.29 is 53.1 Å². The summed E-state index contributed by atoms with van der Waals surface area (Å²) < 4.78 is 23.9. The Balaban J connectivity index is 1.40. The Labute approximate surface area is 268 Å². The van der Waals surface area contributed by atoms with Crippen LogP contribution in [0.1, 0.15) is 86.5 Å². The van der Waals surface area contributed by atoms with Crippen LogP contribution in [-0.4, -0.2) is 69.9 Å². The van der Waals surface area contributed by atoms with Gasteiger partial charge in [0, 0.05) is 30.1 Å². The van der Waals surface area contributed by atoms with Crippen molar-refractivity contribution in [1.29, 1.82) is 0 Å². The zero-order valence-electron chi connectivity index (χ0n) is 27.4. The number of carbonyl (C=O) groups is 5. The van der Waals surface area contributed by atoms with Crippen LogP contribution < -0.4 is 0 Å². The third-order valence-corrected chi connectivity index (χ3v) is 13.8. The van der Waals surface area contributed by atoms with Crippen LogP contribution in [0.4, 0.5) is 0 Å². The van der Waals surface area contributed by atoms with Crippen molar-refractivity contribution in [2.45, 2.75) is 117 Å². The summed E-state index contributed by atoms with van der Waals surface area (Å²) in [5.74, 6) is -4.67. The number of Topliss-reactive ketones (excluding diaryl/α,β-unsaturated/α-hetero) is 1. The predicted octanol–water partition coefficient (Wildman–Crippen LogP) is 3.03. The number of hydrogen-bond donors (Lipinski definition) is 2. The van der Waals surface area contributed by atoms with Gasteiger partial charge in [0.2, 0.25) is 5.78 Å². The topological polar surface area (TPSA) is 163 Å². The maximum absolute atomic E-state index is 14.6. The molecular formula is C35H46O11. The minimum absolute atomic E-state index is 0.0501. The number of fused-ring (bicyclic) bond motifs is 6. The molecule has 0 bridgehead atoms. The maximum atomic E-state index is 14.6. The zero-order chi connectivity index (χ0) is 33.3. The van der Waals surface area contributed by atoms with E-state index in [2.05, 4.69) is 6.92 Å². The Bertz CT molecular complexity index is 1430. The molecule has 4 saturated carbocycles. The van der Waals surface area contributed by atoms with Crippen LogP contribution in [0.15, 0.2) is 11.8 Å². The van der Waals surface area contributed by atoms with Crippen molar-refractivity contribution in [3.63, 3.8) is 0 Å². The molecule has 0 radical (unpaired) electrons. The first kappa shape index (κ1) is 31.8. The first-order valence-electron chi connectivity index (χ1n) is 16.9. The normalized spacial score (nSPS) is 50.2. The van der Waals surface area contributed by atoms with Gasteiger partial charge in [-0.1, -0.05) is 27.7 Å². The molecule has 0 spiro atoms. The summed E-state index contributed by atoms with van der Waals surface area (Å²) in [7, 11) is 0. The molecule has 0 aromatic heterocycles. The molecule has 0 amide bonds. The molecule has 46 heavy (non-hydrogen) atoms. The van der Waals surface area contributed by atoms with Crippen LogP contribution in [0.2, 0.25) is 0 Å². The van der Waals surface area contributed by atoms with E-state index in [9.17, 15) is 34.2 Å². The molecule has 2 N–H and O–H groups in total. The number of carbonyl (C=O) groups excluding carboxylic acids is 5. The third-order valence-electron chi connectivity index (χ3n) is 13.8. The molecule has 252 valence electrons. The van der Waals surface area contributed by atoms with E-state index in [0.29, 0.717) is 25.0 Å². The second-order valence-corrected chi connectivity index (χ2v) is 16.2. The maximum Gasteiger partial charge on any atom is 0.341 e. The summed E-state index contributed by atoms with van der Waals surface area (Å²) in [5.41, 5.74) is -4.98. The molecule has 2 saturated heterocycles. The fourth-order valence-corrected chi connectivity index (χ4v) is 11.8. The minimum Gasteiger partial charge on any atom is -0.462 e. The number of hydrogen-bond acceptors (Lipinski definition) is 11. The van der Waals surface area contributed by atoms with E-state index < -0.39 is 81.8 Å². The van der Waals surface area contributed by atoms with Crippen LogP contribution in [0.5, 0.6) is 0 Å². The summed E-state index contributed by atoms with van der Waals surface area (Å²) >= 11 is 0. The Morgan fingerprint density at radius 2 is 1.78 bits per heavy atom. The second kappa shape index (κ2) is 10.1. The van der Waals surface area contributed by atoms with Crippen LogP contribution in [-0.2, 0) is 42.9 Å². The summed E-state index contributed by atoms with van der Waals surface area (Å²) in [6.07, 6.45) is -0.264. The predicted molar refractivity (Wildman–Crippen MR) is 158 cm³/mol. The number of rotatable bonds is 4. The SMILES string of the molecule is CC(=O)OC1C(=O)C2(O)CCCC(OC(=O)CC(C)C)C2(C)C2CC3OC(=O)C[C@@H]4C=C5OC(=O)C(O)C5(C)C5CC(C12)C3(C)C54. The molecular weight excluding hydrogens is 596 g/mol. The quantitative estimate of drug-likeness (QED) is 0.342. The summed E-state index contributed by atoms with van der Waals surface area (Å²) in [6, 6.07) is 0. The fourth-order valence-electron chi connectivity index (χ4n) is 11.8. The van der Waals surface area contributed by atoms with Gasteiger partial charge in [-0.15, -0.1) is 0 Å². The van der Waals surface area contributed by atoms with Crippen molar-refractivity contribution in [1.82, 2.24) is 0 Å². The largest absolute Gasteiger partial charge is 0.462 e. The summed E-state index contributed by atoms with van der Waals surface area (Å²) in [5, 5.41) is 23.7. The molecule has 7 aliphatic rings.